The molecule has 4 nitrogen and oxygen atoms in total. The van der Waals surface area contributed by atoms with Crippen molar-refractivity contribution in [2.24, 2.45) is 0 Å². The summed E-state index contributed by atoms with van der Waals surface area (Å²) in [5.41, 5.74) is 1.54. The summed E-state index contributed by atoms with van der Waals surface area (Å²) in [5, 5.41) is 9.15. The van der Waals surface area contributed by atoms with Crippen molar-refractivity contribution < 1.29 is 14.6 Å². The summed E-state index contributed by atoms with van der Waals surface area (Å²) in [6.45, 7) is 6.25. The summed E-state index contributed by atoms with van der Waals surface area (Å²) in [7, 11) is 1.65. The number of rotatable bonds is 4. The first-order valence-electron chi connectivity index (χ1n) is 6.87. The van der Waals surface area contributed by atoms with E-state index in [-0.39, 0.29) is 12.0 Å². The lowest BCUT2D eigenvalue weighted by molar-refractivity contribution is 0.275. The Bertz CT molecular complexity index is 618. The van der Waals surface area contributed by atoms with Crippen LogP contribution in [0.5, 0.6) is 17.4 Å². The van der Waals surface area contributed by atoms with Crippen molar-refractivity contribution in [2.45, 2.75) is 32.8 Å². The molecular weight excluding hydrogens is 266 g/mol. The lowest BCUT2D eigenvalue weighted by Crippen LogP contribution is -2.13. The fourth-order valence-electron chi connectivity index (χ4n) is 2.03. The first-order chi connectivity index (χ1) is 9.94. The second kappa shape index (κ2) is 6.14. The van der Waals surface area contributed by atoms with E-state index in [1.54, 1.807) is 19.2 Å². The first kappa shape index (κ1) is 15.3. The summed E-state index contributed by atoms with van der Waals surface area (Å²) in [6, 6.07) is 11.1. The topological polar surface area (TPSA) is 51.6 Å². The van der Waals surface area contributed by atoms with E-state index in [0.717, 1.165) is 17.1 Å². The monoisotopic (exact) mass is 287 g/mol. The van der Waals surface area contributed by atoms with Gasteiger partial charge in [-0.25, -0.2) is 4.98 Å². The molecule has 1 heterocycles. The van der Waals surface area contributed by atoms with Crippen molar-refractivity contribution >= 4 is 0 Å². The van der Waals surface area contributed by atoms with E-state index >= 15 is 0 Å². The maximum Gasteiger partial charge on any atom is 0.219 e. The highest BCUT2D eigenvalue weighted by Crippen LogP contribution is 2.36. The molecule has 0 saturated carbocycles. The van der Waals surface area contributed by atoms with Crippen molar-refractivity contribution in [3.05, 3.63) is 47.7 Å². The molecule has 112 valence electrons. The van der Waals surface area contributed by atoms with Crippen LogP contribution in [0, 0.1) is 0 Å². The Morgan fingerprint density at radius 3 is 2.52 bits per heavy atom. The minimum absolute atomic E-state index is 0.0849. The lowest BCUT2D eigenvalue weighted by atomic mass is 9.86. The van der Waals surface area contributed by atoms with Crippen LogP contribution in [0.2, 0.25) is 0 Å². The maximum atomic E-state index is 9.15. The molecule has 2 aromatic rings. The molecule has 1 N–H and O–H groups in total. The Morgan fingerprint density at radius 1 is 1.14 bits per heavy atom. The molecule has 0 aliphatic rings. The number of benzene rings is 1. The zero-order valence-electron chi connectivity index (χ0n) is 12.9. The van der Waals surface area contributed by atoms with E-state index in [9.17, 15) is 0 Å². The highest BCUT2D eigenvalue weighted by Gasteiger charge is 2.20. The predicted octanol–water partition coefficient (Wildman–Crippen LogP) is 3.67. The molecule has 1 aromatic carbocycles. The molecule has 21 heavy (non-hydrogen) atoms. The predicted molar refractivity (Wildman–Crippen MR) is 81.9 cm³/mol. The smallest absolute Gasteiger partial charge is 0.219 e. The summed E-state index contributed by atoms with van der Waals surface area (Å²) >= 11 is 0. The van der Waals surface area contributed by atoms with Crippen LogP contribution in [0.25, 0.3) is 0 Å². The third-order valence-electron chi connectivity index (χ3n) is 3.15. The average Bonchev–Trinajstić information content (AvgIpc) is 2.46. The highest BCUT2D eigenvalue weighted by atomic mass is 16.5. The van der Waals surface area contributed by atoms with Crippen LogP contribution in [0.15, 0.2) is 36.4 Å². The van der Waals surface area contributed by atoms with Gasteiger partial charge in [-0.3, -0.25) is 0 Å². The largest absolute Gasteiger partial charge is 0.497 e. The summed E-state index contributed by atoms with van der Waals surface area (Å²) in [4.78, 5) is 4.25. The molecule has 0 bridgehead atoms. The minimum atomic E-state index is -0.105. The fraction of sp³-hybridized carbons (Fsp3) is 0.353. The van der Waals surface area contributed by atoms with Gasteiger partial charge in [-0.1, -0.05) is 26.8 Å². The summed E-state index contributed by atoms with van der Waals surface area (Å²) < 4.78 is 11.2. The standard InChI is InChI=1S/C17H21NO3/c1-17(2,3)14-10-13(20-4)8-9-15(14)21-16-7-5-6-12(11-19)18-16/h5-10,19H,11H2,1-4H3. The van der Waals surface area contributed by atoms with Gasteiger partial charge in [0.05, 0.1) is 19.4 Å². The van der Waals surface area contributed by atoms with Crippen LogP contribution >= 0.6 is 0 Å². The van der Waals surface area contributed by atoms with Crippen LogP contribution in [0.1, 0.15) is 32.0 Å². The first-order valence-corrected chi connectivity index (χ1v) is 6.87. The minimum Gasteiger partial charge on any atom is -0.497 e. The molecular formula is C17H21NO3. The van der Waals surface area contributed by atoms with Crippen LogP contribution in [0.3, 0.4) is 0 Å². The average molecular weight is 287 g/mol. The third kappa shape index (κ3) is 3.73. The van der Waals surface area contributed by atoms with Gasteiger partial charge in [0.25, 0.3) is 0 Å². The van der Waals surface area contributed by atoms with Crippen molar-refractivity contribution in [1.82, 2.24) is 4.98 Å². The van der Waals surface area contributed by atoms with Crippen LogP contribution in [-0.2, 0) is 12.0 Å². The van der Waals surface area contributed by atoms with Crippen molar-refractivity contribution in [1.29, 1.82) is 0 Å². The van der Waals surface area contributed by atoms with Gasteiger partial charge in [-0.05, 0) is 29.7 Å². The second-order valence-corrected chi connectivity index (χ2v) is 5.84. The zero-order valence-corrected chi connectivity index (χ0v) is 12.9. The molecule has 0 spiro atoms. The number of hydrogen-bond acceptors (Lipinski definition) is 4. The maximum absolute atomic E-state index is 9.15. The number of aromatic nitrogens is 1. The molecule has 4 heteroatoms. The molecule has 0 aliphatic carbocycles. The Labute approximate surface area is 125 Å². The SMILES string of the molecule is COc1ccc(Oc2cccc(CO)n2)c(C(C)(C)C)c1. The molecule has 0 aliphatic heterocycles. The molecule has 2 rings (SSSR count). The lowest BCUT2D eigenvalue weighted by Gasteiger charge is -2.23. The van der Waals surface area contributed by atoms with E-state index in [1.165, 1.54) is 0 Å². The van der Waals surface area contributed by atoms with Gasteiger partial charge in [0, 0.05) is 11.6 Å². The van der Waals surface area contributed by atoms with Gasteiger partial charge in [0.2, 0.25) is 5.88 Å². The zero-order chi connectivity index (χ0) is 15.5. The van der Waals surface area contributed by atoms with E-state index in [1.807, 2.05) is 24.3 Å². The number of hydrogen-bond donors (Lipinski definition) is 1. The van der Waals surface area contributed by atoms with Gasteiger partial charge in [-0.15, -0.1) is 0 Å². The fourth-order valence-corrected chi connectivity index (χ4v) is 2.03. The van der Waals surface area contributed by atoms with Gasteiger partial charge < -0.3 is 14.6 Å². The highest BCUT2D eigenvalue weighted by molar-refractivity contribution is 5.45. The number of nitrogens with zero attached hydrogens (tertiary/aromatic N) is 1. The number of aliphatic hydroxyl groups is 1. The Morgan fingerprint density at radius 2 is 1.90 bits per heavy atom. The van der Waals surface area contributed by atoms with E-state index in [4.69, 9.17) is 14.6 Å². The molecule has 1 aromatic heterocycles. The van der Waals surface area contributed by atoms with Gasteiger partial charge in [0.1, 0.15) is 11.5 Å². The van der Waals surface area contributed by atoms with E-state index < -0.39 is 0 Å². The van der Waals surface area contributed by atoms with Crippen LogP contribution < -0.4 is 9.47 Å². The molecule has 0 atom stereocenters. The number of aliphatic hydroxyl groups excluding tert-OH is 1. The van der Waals surface area contributed by atoms with Gasteiger partial charge in [-0.2, -0.15) is 0 Å². The van der Waals surface area contributed by atoms with E-state index in [2.05, 4.69) is 25.8 Å². The van der Waals surface area contributed by atoms with Crippen molar-refractivity contribution in [2.75, 3.05) is 7.11 Å². The second-order valence-electron chi connectivity index (χ2n) is 5.84. The Kier molecular flexibility index (Phi) is 4.48. The molecule has 0 amide bonds. The molecule has 0 saturated heterocycles. The quantitative estimate of drug-likeness (QED) is 0.932. The molecule has 0 unspecified atom stereocenters. The molecule has 0 fully saturated rings. The van der Waals surface area contributed by atoms with Gasteiger partial charge in [0.15, 0.2) is 0 Å². The third-order valence-corrected chi connectivity index (χ3v) is 3.15. The number of ether oxygens (including phenoxy) is 2. The van der Waals surface area contributed by atoms with E-state index in [0.29, 0.717) is 11.6 Å². The number of methoxy groups -OCH3 is 1. The summed E-state index contributed by atoms with van der Waals surface area (Å²) in [5.74, 6) is 2.01. The van der Waals surface area contributed by atoms with Crippen LogP contribution in [-0.4, -0.2) is 17.2 Å². The normalized spacial score (nSPS) is 11.3. The van der Waals surface area contributed by atoms with Crippen molar-refractivity contribution in [3.63, 3.8) is 0 Å². The Hall–Kier alpha value is -2.07. The van der Waals surface area contributed by atoms with Crippen molar-refractivity contribution in [3.8, 4) is 17.4 Å². The Balaban J connectivity index is 2.39. The number of pyridine rings is 1. The van der Waals surface area contributed by atoms with Gasteiger partial charge >= 0.3 is 0 Å². The summed E-state index contributed by atoms with van der Waals surface area (Å²) in [6.07, 6.45) is 0. The van der Waals surface area contributed by atoms with Crippen LogP contribution in [0.4, 0.5) is 0 Å². The molecule has 0 radical (unpaired) electrons.